The number of aryl methyl sites for hydroxylation is 1. The highest BCUT2D eigenvalue weighted by molar-refractivity contribution is 5.86. The number of nitrogens with zero attached hydrogens (tertiary/aromatic N) is 2. The van der Waals surface area contributed by atoms with E-state index >= 15 is 0 Å². The topological polar surface area (TPSA) is 29.9 Å². The number of rotatable bonds is 5. The van der Waals surface area contributed by atoms with Gasteiger partial charge in [0.05, 0.1) is 18.1 Å². The lowest BCUT2D eigenvalue weighted by molar-refractivity contribution is 0.591. The van der Waals surface area contributed by atoms with Crippen molar-refractivity contribution in [2.45, 2.75) is 19.4 Å². The van der Waals surface area contributed by atoms with Crippen molar-refractivity contribution >= 4 is 10.8 Å². The van der Waals surface area contributed by atoms with Crippen molar-refractivity contribution in [3.63, 3.8) is 0 Å². The van der Waals surface area contributed by atoms with Gasteiger partial charge in [-0.3, -0.25) is 0 Å². The van der Waals surface area contributed by atoms with Crippen molar-refractivity contribution in [3.8, 4) is 0 Å². The van der Waals surface area contributed by atoms with Gasteiger partial charge >= 0.3 is 0 Å². The Morgan fingerprint density at radius 1 is 1.14 bits per heavy atom. The number of hydrogen-bond donors (Lipinski definition) is 1. The van der Waals surface area contributed by atoms with Crippen molar-refractivity contribution < 1.29 is 0 Å². The zero-order chi connectivity index (χ0) is 14.7. The predicted molar refractivity (Wildman–Crippen MR) is 87.3 cm³/mol. The molecular formula is C18H21N3. The van der Waals surface area contributed by atoms with E-state index < -0.39 is 0 Å². The minimum Gasteiger partial charge on any atom is -0.340 e. The number of hydrogen-bond acceptors (Lipinski definition) is 2. The molecule has 1 unspecified atom stereocenters. The molecule has 0 amide bonds. The Kier molecular flexibility index (Phi) is 4.02. The molecule has 3 heteroatoms. The van der Waals surface area contributed by atoms with Crippen molar-refractivity contribution in [1.82, 2.24) is 14.9 Å². The molecule has 1 heterocycles. The summed E-state index contributed by atoms with van der Waals surface area (Å²) in [5, 5.41) is 6.20. The molecule has 3 aromatic rings. The summed E-state index contributed by atoms with van der Waals surface area (Å²) in [7, 11) is 2.01. The van der Waals surface area contributed by atoms with Crippen LogP contribution >= 0.6 is 0 Å². The van der Waals surface area contributed by atoms with Crippen molar-refractivity contribution in [3.05, 3.63) is 66.2 Å². The number of nitrogens with one attached hydrogen (secondary N) is 1. The number of fused-ring (bicyclic) bond motifs is 1. The third-order valence-electron chi connectivity index (χ3n) is 3.75. The van der Waals surface area contributed by atoms with Gasteiger partial charge in [-0.15, -0.1) is 0 Å². The Balaban J connectivity index is 2.09. The molecule has 2 aromatic carbocycles. The van der Waals surface area contributed by atoms with Crippen LogP contribution in [0.4, 0.5) is 0 Å². The molecule has 3 rings (SSSR count). The monoisotopic (exact) mass is 279 g/mol. The van der Waals surface area contributed by atoms with E-state index in [-0.39, 0.29) is 6.04 Å². The van der Waals surface area contributed by atoms with Crippen molar-refractivity contribution in [1.29, 1.82) is 0 Å². The van der Waals surface area contributed by atoms with Gasteiger partial charge in [-0.25, -0.2) is 4.98 Å². The number of aromatic nitrogens is 2. The van der Waals surface area contributed by atoms with Gasteiger partial charge in [0.2, 0.25) is 0 Å². The largest absolute Gasteiger partial charge is 0.340 e. The molecule has 1 aromatic heterocycles. The summed E-state index contributed by atoms with van der Waals surface area (Å²) in [4.78, 5) is 4.55. The molecule has 1 atom stereocenters. The van der Waals surface area contributed by atoms with Gasteiger partial charge in [0.25, 0.3) is 0 Å². The SMILES string of the molecule is CCCNC(c1cn(C)cn1)c1cccc2ccccc12. The van der Waals surface area contributed by atoms with E-state index in [0.717, 1.165) is 18.7 Å². The fourth-order valence-electron chi connectivity index (χ4n) is 2.75. The second-order valence-electron chi connectivity index (χ2n) is 5.42. The first kappa shape index (κ1) is 13.8. The molecule has 0 aliphatic rings. The zero-order valence-electron chi connectivity index (χ0n) is 12.6. The van der Waals surface area contributed by atoms with E-state index in [1.807, 2.05) is 17.9 Å². The van der Waals surface area contributed by atoms with Gasteiger partial charge in [0.15, 0.2) is 0 Å². The molecule has 0 bridgehead atoms. The van der Waals surface area contributed by atoms with E-state index in [0.29, 0.717) is 0 Å². The average molecular weight is 279 g/mol. The highest BCUT2D eigenvalue weighted by Gasteiger charge is 2.17. The molecule has 0 radical (unpaired) electrons. The summed E-state index contributed by atoms with van der Waals surface area (Å²) in [5.41, 5.74) is 2.36. The highest BCUT2D eigenvalue weighted by atomic mass is 15.0. The Hall–Kier alpha value is -2.13. The van der Waals surface area contributed by atoms with Crippen LogP contribution in [0, 0.1) is 0 Å². The lowest BCUT2D eigenvalue weighted by Crippen LogP contribution is -2.23. The average Bonchev–Trinajstić information content (AvgIpc) is 2.94. The summed E-state index contributed by atoms with van der Waals surface area (Å²) in [6.45, 7) is 3.16. The second kappa shape index (κ2) is 6.10. The minimum absolute atomic E-state index is 0.136. The first-order valence-corrected chi connectivity index (χ1v) is 7.48. The van der Waals surface area contributed by atoms with Crippen LogP contribution in [0.3, 0.4) is 0 Å². The minimum atomic E-state index is 0.136. The van der Waals surface area contributed by atoms with E-state index in [9.17, 15) is 0 Å². The molecule has 0 aliphatic heterocycles. The number of benzene rings is 2. The van der Waals surface area contributed by atoms with E-state index in [1.165, 1.54) is 16.3 Å². The van der Waals surface area contributed by atoms with E-state index in [4.69, 9.17) is 0 Å². The normalized spacial score (nSPS) is 12.7. The van der Waals surface area contributed by atoms with Crippen molar-refractivity contribution in [2.75, 3.05) is 6.54 Å². The maximum atomic E-state index is 4.55. The first-order valence-electron chi connectivity index (χ1n) is 7.48. The molecule has 0 fully saturated rings. The van der Waals surface area contributed by atoms with Gasteiger partial charge in [-0.05, 0) is 29.3 Å². The number of imidazole rings is 1. The lowest BCUT2D eigenvalue weighted by atomic mass is 9.97. The lowest BCUT2D eigenvalue weighted by Gasteiger charge is -2.19. The third kappa shape index (κ3) is 2.83. The van der Waals surface area contributed by atoms with Crippen LogP contribution in [0.5, 0.6) is 0 Å². The van der Waals surface area contributed by atoms with Gasteiger partial charge in [0, 0.05) is 13.2 Å². The van der Waals surface area contributed by atoms with Crippen LogP contribution in [0.15, 0.2) is 55.0 Å². The van der Waals surface area contributed by atoms with Crippen molar-refractivity contribution in [2.24, 2.45) is 7.05 Å². The zero-order valence-corrected chi connectivity index (χ0v) is 12.6. The maximum Gasteiger partial charge on any atom is 0.0947 e. The summed E-state index contributed by atoms with van der Waals surface area (Å²) >= 11 is 0. The molecule has 1 N–H and O–H groups in total. The Bertz CT molecular complexity index is 725. The fourth-order valence-corrected chi connectivity index (χ4v) is 2.75. The molecule has 108 valence electrons. The predicted octanol–water partition coefficient (Wildman–Crippen LogP) is 3.66. The molecule has 0 saturated heterocycles. The van der Waals surface area contributed by atoms with Gasteiger partial charge in [0.1, 0.15) is 0 Å². The van der Waals surface area contributed by atoms with Crippen LogP contribution in [0.1, 0.15) is 30.6 Å². The van der Waals surface area contributed by atoms with E-state index in [1.54, 1.807) is 0 Å². The van der Waals surface area contributed by atoms with Crippen LogP contribution in [0.25, 0.3) is 10.8 Å². The Morgan fingerprint density at radius 3 is 2.71 bits per heavy atom. The Morgan fingerprint density at radius 2 is 1.95 bits per heavy atom. The van der Waals surface area contributed by atoms with E-state index in [2.05, 4.69) is 65.9 Å². The third-order valence-corrected chi connectivity index (χ3v) is 3.75. The van der Waals surface area contributed by atoms with Crippen LogP contribution in [-0.4, -0.2) is 16.1 Å². The van der Waals surface area contributed by atoms with Gasteiger partial charge < -0.3 is 9.88 Å². The smallest absolute Gasteiger partial charge is 0.0947 e. The summed E-state index contributed by atoms with van der Waals surface area (Å²) in [6, 6.07) is 15.2. The fraction of sp³-hybridized carbons (Fsp3) is 0.278. The molecule has 0 aliphatic carbocycles. The summed E-state index contributed by atoms with van der Waals surface area (Å²) < 4.78 is 2.00. The van der Waals surface area contributed by atoms with Gasteiger partial charge in [-0.2, -0.15) is 0 Å². The Labute approximate surface area is 125 Å². The summed E-state index contributed by atoms with van der Waals surface area (Å²) in [6.07, 6.45) is 5.06. The molecule has 0 spiro atoms. The second-order valence-corrected chi connectivity index (χ2v) is 5.42. The van der Waals surface area contributed by atoms with Gasteiger partial charge in [-0.1, -0.05) is 49.4 Å². The van der Waals surface area contributed by atoms with Crippen LogP contribution in [0.2, 0.25) is 0 Å². The first-order chi connectivity index (χ1) is 10.3. The molecule has 0 saturated carbocycles. The van der Waals surface area contributed by atoms with Crippen LogP contribution in [-0.2, 0) is 7.05 Å². The molecular weight excluding hydrogens is 258 g/mol. The summed E-state index contributed by atoms with van der Waals surface area (Å²) in [5.74, 6) is 0. The molecule has 21 heavy (non-hydrogen) atoms. The van der Waals surface area contributed by atoms with Crippen LogP contribution < -0.4 is 5.32 Å². The quantitative estimate of drug-likeness (QED) is 0.772. The highest BCUT2D eigenvalue weighted by Crippen LogP contribution is 2.28. The maximum absolute atomic E-state index is 4.55. The molecule has 3 nitrogen and oxygen atoms in total. The standard InChI is InChI=1S/C18H21N3/c1-3-11-19-18(17-12-21(2)13-20-17)16-10-6-8-14-7-4-5-9-15(14)16/h4-10,12-13,18-19H,3,11H2,1-2H3.